The van der Waals surface area contributed by atoms with Gasteiger partial charge in [0.15, 0.2) is 5.78 Å². The topological polar surface area (TPSA) is 72.5 Å². The highest BCUT2D eigenvalue weighted by Gasteiger charge is 2.21. The van der Waals surface area contributed by atoms with Gasteiger partial charge in [-0.25, -0.2) is 0 Å². The molecule has 0 radical (unpaired) electrons. The van der Waals surface area contributed by atoms with Crippen molar-refractivity contribution in [2.45, 2.75) is 58.5 Å². The Hall–Kier alpha value is -2.17. The fraction of sp³-hybridized carbons (Fsp3) is 0.526. The maximum atomic E-state index is 11.9. The van der Waals surface area contributed by atoms with Crippen molar-refractivity contribution in [1.29, 1.82) is 0 Å². The number of ether oxygens (including phenoxy) is 1. The number of hydrogen-bond acceptors (Lipinski definition) is 4. The van der Waals surface area contributed by atoms with Crippen molar-refractivity contribution in [3.8, 4) is 0 Å². The molecule has 0 spiro atoms. The van der Waals surface area contributed by atoms with Crippen LogP contribution >= 0.6 is 0 Å². The minimum absolute atomic E-state index is 0.0101. The van der Waals surface area contributed by atoms with E-state index in [2.05, 4.69) is 12.2 Å². The zero-order valence-electron chi connectivity index (χ0n) is 14.3. The molecule has 5 heteroatoms. The second-order valence-electron chi connectivity index (χ2n) is 6.55. The van der Waals surface area contributed by atoms with Crippen molar-refractivity contribution in [2.75, 3.05) is 5.32 Å². The van der Waals surface area contributed by atoms with Gasteiger partial charge < -0.3 is 10.1 Å². The van der Waals surface area contributed by atoms with Crippen LogP contribution in [0.1, 0.15) is 62.7 Å². The van der Waals surface area contributed by atoms with Gasteiger partial charge in [-0.2, -0.15) is 0 Å². The molecule has 1 aliphatic carbocycles. The van der Waals surface area contributed by atoms with Gasteiger partial charge in [-0.15, -0.1) is 0 Å². The standard InChI is InChI=1S/C19H25NO4/c1-13-3-9-17(10-4-13)24-19(23)12-11-18(22)20-16-7-5-15(6-8-16)14(2)21/h5-8,13,17H,3-4,9-12H2,1-2H3,(H,20,22). The molecule has 0 atom stereocenters. The summed E-state index contributed by atoms with van der Waals surface area (Å²) in [6.45, 7) is 3.71. The molecule has 0 bridgehead atoms. The van der Waals surface area contributed by atoms with E-state index in [1.807, 2.05) is 0 Å². The van der Waals surface area contributed by atoms with Gasteiger partial charge in [0.1, 0.15) is 6.10 Å². The van der Waals surface area contributed by atoms with E-state index >= 15 is 0 Å². The molecule has 1 aliphatic rings. The Morgan fingerprint density at radius 3 is 2.25 bits per heavy atom. The normalized spacial score (nSPS) is 20.2. The van der Waals surface area contributed by atoms with Gasteiger partial charge in [-0.3, -0.25) is 14.4 Å². The molecule has 1 saturated carbocycles. The van der Waals surface area contributed by atoms with E-state index in [-0.39, 0.29) is 36.6 Å². The second kappa shape index (κ2) is 8.62. The largest absolute Gasteiger partial charge is 0.462 e. The molecule has 5 nitrogen and oxygen atoms in total. The molecule has 0 aromatic heterocycles. The SMILES string of the molecule is CC(=O)c1ccc(NC(=O)CCC(=O)OC2CCC(C)CC2)cc1. The Bertz CT molecular complexity index is 586. The summed E-state index contributed by atoms with van der Waals surface area (Å²) < 4.78 is 5.43. The molecule has 0 heterocycles. The van der Waals surface area contributed by atoms with E-state index in [0.29, 0.717) is 17.2 Å². The fourth-order valence-electron chi connectivity index (χ4n) is 2.82. The number of nitrogens with one attached hydrogen (secondary N) is 1. The number of esters is 1. The zero-order valence-corrected chi connectivity index (χ0v) is 14.3. The third-order valence-corrected chi connectivity index (χ3v) is 4.39. The van der Waals surface area contributed by atoms with E-state index in [1.54, 1.807) is 24.3 Å². The highest BCUT2D eigenvalue weighted by molar-refractivity contribution is 5.96. The molecule has 0 saturated heterocycles. The Morgan fingerprint density at radius 2 is 1.67 bits per heavy atom. The van der Waals surface area contributed by atoms with Crippen LogP contribution in [0, 0.1) is 5.92 Å². The molecule has 1 aromatic rings. The predicted molar refractivity (Wildman–Crippen MR) is 91.8 cm³/mol. The molecule has 24 heavy (non-hydrogen) atoms. The highest BCUT2D eigenvalue weighted by atomic mass is 16.5. The Kier molecular flexibility index (Phi) is 6.53. The van der Waals surface area contributed by atoms with Crippen molar-refractivity contribution in [3.63, 3.8) is 0 Å². The molecular formula is C19H25NO4. The summed E-state index contributed by atoms with van der Waals surface area (Å²) in [5.74, 6) is 0.143. The smallest absolute Gasteiger partial charge is 0.306 e. The number of anilines is 1. The maximum absolute atomic E-state index is 11.9. The van der Waals surface area contributed by atoms with Crippen LogP contribution in [0.3, 0.4) is 0 Å². The molecule has 130 valence electrons. The lowest BCUT2D eigenvalue weighted by molar-refractivity contribution is -0.151. The van der Waals surface area contributed by atoms with Gasteiger partial charge in [0.25, 0.3) is 0 Å². The van der Waals surface area contributed by atoms with Gasteiger partial charge in [0, 0.05) is 17.7 Å². The van der Waals surface area contributed by atoms with Gasteiger partial charge in [-0.1, -0.05) is 6.92 Å². The first-order valence-electron chi connectivity index (χ1n) is 8.54. The van der Waals surface area contributed by atoms with Gasteiger partial charge in [0.05, 0.1) is 6.42 Å². The summed E-state index contributed by atoms with van der Waals surface area (Å²) >= 11 is 0. The first kappa shape index (κ1) is 18.2. The molecule has 0 unspecified atom stereocenters. The van der Waals surface area contributed by atoms with E-state index in [9.17, 15) is 14.4 Å². The third kappa shape index (κ3) is 5.80. The van der Waals surface area contributed by atoms with E-state index in [1.165, 1.54) is 6.92 Å². The van der Waals surface area contributed by atoms with Crippen LogP contribution in [-0.2, 0) is 14.3 Å². The van der Waals surface area contributed by atoms with E-state index < -0.39 is 0 Å². The lowest BCUT2D eigenvalue weighted by Gasteiger charge is -2.25. The lowest BCUT2D eigenvalue weighted by atomic mass is 9.89. The van der Waals surface area contributed by atoms with Gasteiger partial charge in [0.2, 0.25) is 5.91 Å². The minimum Gasteiger partial charge on any atom is -0.462 e. The maximum Gasteiger partial charge on any atom is 0.306 e. The summed E-state index contributed by atoms with van der Waals surface area (Å²) in [7, 11) is 0. The van der Waals surface area contributed by atoms with Crippen LogP contribution in [0.25, 0.3) is 0 Å². The number of carbonyl (C=O) groups excluding carboxylic acids is 3. The number of rotatable bonds is 6. The van der Waals surface area contributed by atoms with Crippen molar-refractivity contribution >= 4 is 23.3 Å². The summed E-state index contributed by atoms with van der Waals surface area (Å²) in [5, 5.41) is 2.71. The Morgan fingerprint density at radius 1 is 1.04 bits per heavy atom. The quantitative estimate of drug-likeness (QED) is 0.637. The number of benzene rings is 1. The van der Waals surface area contributed by atoms with Crippen molar-refractivity contribution in [2.24, 2.45) is 5.92 Å². The van der Waals surface area contributed by atoms with Crippen LogP contribution in [0.5, 0.6) is 0 Å². The number of hydrogen-bond donors (Lipinski definition) is 1. The summed E-state index contributed by atoms with van der Waals surface area (Å²) in [6.07, 6.45) is 4.21. The fourth-order valence-corrected chi connectivity index (χ4v) is 2.82. The molecule has 1 aromatic carbocycles. The summed E-state index contributed by atoms with van der Waals surface area (Å²) in [5.41, 5.74) is 1.21. The lowest BCUT2D eigenvalue weighted by Crippen LogP contribution is -2.24. The van der Waals surface area contributed by atoms with Gasteiger partial charge in [-0.05, 0) is 62.8 Å². The van der Waals surface area contributed by atoms with Crippen molar-refractivity contribution < 1.29 is 19.1 Å². The first-order valence-corrected chi connectivity index (χ1v) is 8.54. The second-order valence-corrected chi connectivity index (χ2v) is 6.55. The van der Waals surface area contributed by atoms with Crippen molar-refractivity contribution in [3.05, 3.63) is 29.8 Å². The number of amides is 1. The molecule has 1 fully saturated rings. The Balaban J connectivity index is 1.70. The van der Waals surface area contributed by atoms with Crippen LogP contribution < -0.4 is 5.32 Å². The zero-order chi connectivity index (χ0) is 17.5. The first-order chi connectivity index (χ1) is 11.4. The third-order valence-electron chi connectivity index (χ3n) is 4.39. The molecule has 1 amide bonds. The van der Waals surface area contributed by atoms with Gasteiger partial charge >= 0.3 is 5.97 Å². The van der Waals surface area contributed by atoms with Crippen LogP contribution in [0.15, 0.2) is 24.3 Å². The highest BCUT2D eigenvalue weighted by Crippen LogP contribution is 2.25. The average Bonchev–Trinajstić information content (AvgIpc) is 2.55. The summed E-state index contributed by atoms with van der Waals surface area (Å²) in [4.78, 5) is 34.9. The average molecular weight is 331 g/mol. The van der Waals surface area contributed by atoms with Crippen molar-refractivity contribution in [1.82, 2.24) is 0 Å². The Labute approximate surface area is 142 Å². The van der Waals surface area contributed by atoms with Crippen LogP contribution in [0.2, 0.25) is 0 Å². The molecule has 0 aliphatic heterocycles. The molecule has 2 rings (SSSR count). The van der Waals surface area contributed by atoms with Crippen LogP contribution in [-0.4, -0.2) is 23.8 Å². The van der Waals surface area contributed by atoms with Crippen LogP contribution in [0.4, 0.5) is 5.69 Å². The monoisotopic (exact) mass is 331 g/mol. The minimum atomic E-state index is -0.309. The number of ketones is 1. The number of carbonyl (C=O) groups is 3. The van der Waals surface area contributed by atoms with E-state index in [0.717, 1.165) is 25.7 Å². The number of Topliss-reactive ketones (excluding diaryl/α,β-unsaturated/α-hetero) is 1. The summed E-state index contributed by atoms with van der Waals surface area (Å²) in [6, 6.07) is 6.68. The molecule has 1 N–H and O–H groups in total. The predicted octanol–water partition coefficient (Wildman–Crippen LogP) is 3.73. The molecular weight excluding hydrogens is 306 g/mol. The van der Waals surface area contributed by atoms with E-state index in [4.69, 9.17) is 4.74 Å².